The van der Waals surface area contributed by atoms with Gasteiger partial charge in [0.1, 0.15) is 0 Å². The molecular formula is C13H23NO2. The number of carbonyl (C=O) groups is 1. The van der Waals surface area contributed by atoms with Gasteiger partial charge < -0.3 is 10.0 Å². The largest absolute Gasteiger partial charge is 0.481 e. The van der Waals surface area contributed by atoms with Crippen LogP contribution >= 0.6 is 0 Å². The fourth-order valence-corrected chi connectivity index (χ4v) is 3.16. The molecule has 1 unspecified atom stereocenters. The summed E-state index contributed by atoms with van der Waals surface area (Å²) in [6.07, 6.45) is 8.79. The number of aliphatic carboxylic acids is 1. The monoisotopic (exact) mass is 225 g/mol. The van der Waals surface area contributed by atoms with Crippen LogP contribution in [-0.2, 0) is 4.79 Å². The van der Waals surface area contributed by atoms with Crippen molar-refractivity contribution in [3.05, 3.63) is 0 Å². The molecule has 0 bridgehead atoms. The van der Waals surface area contributed by atoms with Gasteiger partial charge in [-0.25, -0.2) is 0 Å². The van der Waals surface area contributed by atoms with E-state index in [4.69, 9.17) is 5.11 Å². The molecule has 0 radical (unpaired) electrons. The van der Waals surface area contributed by atoms with Crippen molar-refractivity contribution in [3.63, 3.8) is 0 Å². The quantitative estimate of drug-likeness (QED) is 0.801. The molecule has 3 nitrogen and oxygen atoms in total. The predicted molar refractivity (Wildman–Crippen MR) is 63.4 cm³/mol. The molecule has 1 N–H and O–H groups in total. The number of likely N-dealkylation sites (tertiary alicyclic amines) is 1. The zero-order valence-electron chi connectivity index (χ0n) is 10.0. The van der Waals surface area contributed by atoms with Gasteiger partial charge in [-0.1, -0.05) is 19.3 Å². The van der Waals surface area contributed by atoms with Crippen molar-refractivity contribution in [1.29, 1.82) is 0 Å². The molecular weight excluding hydrogens is 202 g/mol. The van der Waals surface area contributed by atoms with Crippen molar-refractivity contribution in [2.45, 2.75) is 44.9 Å². The SMILES string of the molecule is O=C(O)C1CCCN(CC2CCCCC2)C1. The summed E-state index contributed by atoms with van der Waals surface area (Å²) < 4.78 is 0. The molecule has 0 aromatic rings. The fourth-order valence-electron chi connectivity index (χ4n) is 3.16. The lowest BCUT2D eigenvalue weighted by Crippen LogP contribution is -2.41. The Bertz CT molecular complexity index is 236. The number of nitrogens with zero attached hydrogens (tertiary/aromatic N) is 1. The lowest BCUT2D eigenvalue weighted by Gasteiger charge is -2.34. The molecule has 3 heteroatoms. The van der Waals surface area contributed by atoms with Crippen molar-refractivity contribution in [3.8, 4) is 0 Å². The van der Waals surface area contributed by atoms with Gasteiger partial charge in [-0.3, -0.25) is 4.79 Å². The van der Waals surface area contributed by atoms with Crippen molar-refractivity contribution in [2.75, 3.05) is 19.6 Å². The van der Waals surface area contributed by atoms with E-state index in [1.807, 2.05) is 0 Å². The highest BCUT2D eigenvalue weighted by Gasteiger charge is 2.27. The Morgan fingerprint density at radius 1 is 1.12 bits per heavy atom. The third-order valence-corrected chi connectivity index (χ3v) is 4.10. The molecule has 0 amide bonds. The lowest BCUT2D eigenvalue weighted by atomic mass is 9.88. The fraction of sp³-hybridized carbons (Fsp3) is 0.923. The van der Waals surface area contributed by atoms with E-state index in [9.17, 15) is 4.79 Å². The second-order valence-corrected chi connectivity index (χ2v) is 5.44. The lowest BCUT2D eigenvalue weighted by molar-refractivity contribution is -0.143. The minimum atomic E-state index is -0.603. The Morgan fingerprint density at radius 3 is 2.56 bits per heavy atom. The molecule has 1 atom stereocenters. The van der Waals surface area contributed by atoms with Gasteiger partial charge in [0, 0.05) is 13.1 Å². The molecule has 2 fully saturated rings. The van der Waals surface area contributed by atoms with Crippen LogP contribution in [0, 0.1) is 11.8 Å². The van der Waals surface area contributed by atoms with Crippen LogP contribution in [0.5, 0.6) is 0 Å². The topological polar surface area (TPSA) is 40.5 Å². The summed E-state index contributed by atoms with van der Waals surface area (Å²) in [5.74, 6) is 0.118. The van der Waals surface area contributed by atoms with Crippen LogP contribution in [0.2, 0.25) is 0 Å². The number of carboxylic acid groups (broad SMARTS) is 1. The van der Waals surface area contributed by atoms with Crippen LogP contribution in [0.1, 0.15) is 44.9 Å². The first-order chi connectivity index (χ1) is 7.75. The summed E-state index contributed by atoms with van der Waals surface area (Å²) in [5.41, 5.74) is 0. The van der Waals surface area contributed by atoms with Gasteiger partial charge in [-0.15, -0.1) is 0 Å². The first-order valence-corrected chi connectivity index (χ1v) is 6.71. The molecule has 0 aromatic heterocycles. The maximum absolute atomic E-state index is 11.0. The van der Waals surface area contributed by atoms with Gasteiger partial charge in [0.25, 0.3) is 0 Å². The van der Waals surface area contributed by atoms with Crippen LogP contribution in [0.25, 0.3) is 0 Å². The average Bonchev–Trinajstić information content (AvgIpc) is 2.30. The van der Waals surface area contributed by atoms with Crippen molar-refractivity contribution >= 4 is 5.97 Å². The van der Waals surface area contributed by atoms with Gasteiger partial charge >= 0.3 is 5.97 Å². The van der Waals surface area contributed by atoms with Crippen molar-refractivity contribution < 1.29 is 9.90 Å². The van der Waals surface area contributed by atoms with Gasteiger partial charge in [0.15, 0.2) is 0 Å². The molecule has 0 aromatic carbocycles. The Hall–Kier alpha value is -0.570. The van der Waals surface area contributed by atoms with Gasteiger partial charge in [0.2, 0.25) is 0 Å². The molecule has 1 saturated carbocycles. The van der Waals surface area contributed by atoms with Gasteiger partial charge in [-0.2, -0.15) is 0 Å². The first kappa shape index (κ1) is 11.9. The molecule has 2 rings (SSSR count). The summed E-state index contributed by atoms with van der Waals surface area (Å²) in [6, 6.07) is 0. The summed E-state index contributed by atoms with van der Waals surface area (Å²) in [7, 11) is 0. The molecule has 2 aliphatic rings. The van der Waals surface area contributed by atoms with E-state index < -0.39 is 5.97 Å². The summed E-state index contributed by atoms with van der Waals surface area (Å²) in [5, 5.41) is 9.04. The maximum atomic E-state index is 11.0. The normalized spacial score (nSPS) is 29.1. The zero-order valence-corrected chi connectivity index (χ0v) is 10.0. The number of hydrogen-bond acceptors (Lipinski definition) is 2. The predicted octanol–water partition coefficient (Wildman–Crippen LogP) is 2.36. The van der Waals surface area contributed by atoms with E-state index in [0.717, 1.165) is 38.4 Å². The van der Waals surface area contributed by atoms with Gasteiger partial charge in [0.05, 0.1) is 5.92 Å². The van der Waals surface area contributed by atoms with E-state index in [2.05, 4.69) is 4.90 Å². The van der Waals surface area contributed by atoms with E-state index in [-0.39, 0.29) is 5.92 Å². The van der Waals surface area contributed by atoms with Crippen LogP contribution < -0.4 is 0 Å². The molecule has 92 valence electrons. The van der Waals surface area contributed by atoms with E-state index in [0.29, 0.717) is 0 Å². The molecule has 1 heterocycles. The highest BCUT2D eigenvalue weighted by molar-refractivity contribution is 5.70. The summed E-state index contributed by atoms with van der Waals surface area (Å²) in [6.45, 7) is 3.04. The maximum Gasteiger partial charge on any atom is 0.307 e. The smallest absolute Gasteiger partial charge is 0.307 e. The molecule has 0 spiro atoms. The number of rotatable bonds is 3. The van der Waals surface area contributed by atoms with Crippen molar-refractivity contribution in [1.82, 2.24) is 4.90 Å². The van der Waals surface area contributed by atoms with Crippen LogP contribution in [0.15, 0.2) is 0 Å². The molecule has 1 aliphatic heterocycles. The second kappa shape index (κ2) is 5.67. The number of carboxylic acids is 1. The van der Waals surface area contributed by atoms with Crippen LogP contribution in [0.3, 0.4) is 0 Å². The summed E-state index contributed by atoms with van der Waals surface area (Å²) in [4.78, 5) is 13.4. The standard InChI is InChI=1S/C13H23NO2/c15-13(16)12-7-4-8-14(10-12)9-11-5-2-1-3-6-11/h11-12H,1-10H2,(H,15,16). The minimum Gasteiger partial charge on any atom is -0.481 e. The third-order valence-electron chi connectivity index (χ3n) is 4.10. The van der Waals surface area contributed by atoms with Crippen LogP contribution in [-0.4, -0.2) is 35.6 Å². The van der Waals surface area contributed by atoms with E-state index in [1.54, 1.807) is 0 Å². The zero-order chi connectivity index (χ0) is 11.4. The molecule has 1 aliphatic carbocycles. The van der Waals surface area contributed by atoms with E-state index in [1.165, 1.54) is 32.1 Å². The number of piperidine rings is 1. The second-order valence-electron chi connectivity index (χ2n) is 5.44. The average molecular weight is 225 g/mol. The van der Waals surface area contributed by atoms with Crippen molar-refractivity contribution in [2.24, 2.45) is 11.8 Å². The van der Waals surface area contributed by atoms with E-state index >= 15 is 0 Å². The highest BCUT2D eigenvalue weighted by atomic mass is 16.4. The Labute approximate surface area is 97.8 Å². The third kappa shape index (κ3) is 3.21. The molecule has 16 heavy (non-hydrogen) atoms. The minimum absolute atomic E-state index is 0.114. The Morgan fingerprint density at radius 2 is 1.88 bits per heavy atom. The van der Waals surface area contributed by atoms with Crippen LogP contribution in [0.4, 0.5) is 0 Å². The Balaban J connectivity index is 1.78. The number of hydrogen-bond donors (Lipinski definition) is 1. The molecule has 1 saturated heterocycles. The Kier molecular flexibility index (Phi) is 4.22. The highest BCUT2D eigenvalue weighted by Crippen LogP contribution is 2.26. The van der Waals surface area contributed by atoms with Gasteiger partial charge in [-0.05, 0) is 38.1 Å². The summed E-state index contributed by atoms with van der Waals surface area (Å²) >= 11 is 0. The first-order valence-electron chi connectivity index (χ1n) is 6.71.